The molecule has 0 aliphatic rings. The van der Waals surface area contributed by atoms with Crippen LogP contribution in [0.25, 0.3) is 10.9 Å². The summed E-state index contributed by atoms with van der Waals surface area (Å²) in [6, 6.07) is 7.99. The molecule has 1 atom stereocenters. The Morgan fingerprint density at radius 1 is 1.21 bits per heavy atom. The number of aliphatic hydroxyl groups excluding tert-OH is 1. The molecule has 2 heteroatoms. The molecular formula is C12H15NO. The van der Waals surface area contributed by atoms with E-state index in [1.807, 2.05) is 44.3 Å². The van der Waals surface area contributed by atoms with Crippen molar-refractivity contribution in [2.75, 3.05) is 0 Å². The molecule has 2 rings (SSSR count). The monoisotopic (exact) mass is 189 g/mol. The summed E-state index contributed by atoms with van der Waals surface area (Å²) < 4.78 is 0. The van der Waals surface area contributed by atoms with Gasteiger partial charge < -0.3 is 10.1 Å². The standard InChI is InChI=1S/C12H15NO/c1-8(2)12(14)10-4-3-5-11-9(10)6-7-13-11/h3-8,12-14H,1-2H3. The summed E-state index contributed by atoms with van der Waals surface area (Å²) in [5.41, 5.74) is 2.10. The van der Waals surface area contributed by atoms with Gasteiger partial charge in [-0.2, -0.15) is 0 Å². The van der Waals surface area contributed by atoms with E-state index in [4.69, 9.17) is 0 Å². The summed E-state index contributed by atoms with van der Waals surface area (Å²) >= 11 is 0. The van der Waals surface area contributed by atoms with E-state index in [1.54, 1.807) is 0 Å². The number of fused-ring (bicyclic) bond motifs is 1. The highest BCUT2D eigenvalue weighted by atomic mass is 16.3. The minimum absolute atomic E-state index is 0.246. The molecule has 0 fully saturated rings. The molecule has 2 aromatic rings. The van der Waals surface area contributed by atoms with Gasteiger partial charge in [-0.05, 0) is 23.6 Å². The Balaban J connectivity index is 2.56. The molecular weight excluding hydrogens is 174 g/mol. The molecule has 0 spiro atoms. The highest BCUT2D eigenvalue weighted by molar-refractivity contribution is 5.83. The first-order chi connectivity index (χ1) is 6.70. The summed E-state index contributed by atoms with van der Waals surface area (Å²) in [6.07, 6.45) is 1.52. The van der Waals surface area contributed by atoms with Crippen molar-refractivity contribution in [3.05, 3.63) is 36.0 Å². The maximum absolute atomic E-state index is 10.0. The Morgan fingerprint density at radius 2 is 2.00 bits per heavy atom. The number of benzene rings is 1. The molecule has 14 heavy (non-hydrogen) atoms. The number of aromatic nitrogens is 1. The average Bonchev–Trinajstić information content (AvgIpc) is 2.63. The molecule has 0 aliphatic carbocycles. The Labute approximate surface area is 83.6 Å². The number of hydrogen-bond donors (Lipinski definition) is 2. The lowest BCUT2D eigenvalue weighted by molar-refractivity contribution is 0.128. The van der Waals surface area contributed by atoms with Crippen LogP contribution in [0, 0.1) is 5.92 Å². The second-order valence-corrected chi connectivity index (χ2v) is 3.98. The van der Waals surface area contributed by atoms with Crippen LogP contribution in [0.3, 0.4) is 0 Å². The molecule has 0 aliphatic heterocycles. The molecule has 1 aromatic heterocycles. The molecule has 2 N–H and O–H groups in total. The lowest BCUT2D eigenvalue weighted by Gasteiger charge is -2.15. The van der Waals surface area contributed by atoms with Crippen molar-refractivity contribution in [3.63, 3.8) is 0 Å². The molecule has 0 saturated carbocycles. The van der Waals surface area contributed by atoms with Gasteiger partial charge in [-0.15, -0.1) is 0 Å². The predicted octanol–water partition coefficient (Wildman–Crippen LogP) is 2.86. The number of hydrogen-bond acceptors (Lipinski definition) is 1. The summed E-state index contributed by atoms with van der Waals surface area (Å²) in [5, 5.41) is 11.1. The predicted molar refractivity (Wildman–Crippen MR) is 58.1 cm³/mol. The molecule has 1 unspecified atom stereocenters. The third kappa shape index (κ3) is 1.42. The first-order valence-corrected chi connectivity index (χ1v) is 4.94. The maximum atomic E-state index is 10.0. The largest absolute Gasteiger partial charge is 0.388 e. The van der Waals surface area contributed by atoms with Crippen LogP contribution >= 0.6 is 0 Å². The summed E-state index contributed by atoms with van der Waals surface area (Å²) in [7, 11) is 0. The minimum Gasteiger partial charge on any atom is -0.388 e. The van der Waals surface area contributed by atoms with Crippen LogP contribution in [-0.4, -0.2) is 10.1 Å². The van der Waals surface area contributed by atoms with Crippen LogP contribution in [0.2, 0.25) is 0 Å². The Morgan fingerprint density at radius 3 is 2.71 bits per heavy atom. The fourth-order valence-corrected chi connectivity index (χ4v) is 1.73. The van der Waals surface area contributed by atoms with Gasteiger partial charge in [0.1, 0.15) is 0 Å². The number of nitrogens with one attached hydrogen (secondary N) is 1. The number of H-pyrrole nitrogens is 1. The van der Waals surface area contributed by atoms with Crippen molar-refractivity contribution < 1.29 is 5.11 Å². The lowest BCUT2D eigenvalue weighted by Crippen LogP contribution is -2.05. The average molecular weight is 189 g/mol. The molecule has 0 radical (unpaired) electrons. The van der Waals surface area contributed by atoms with Gasteiger partial charge >= 0.3 is 0 Å². The molecule has 74 valence electrons. The second-order valence-electron chi connectivity index (χ2n) is 3.98. The van der Waals surface area contributed by atoms with Crippen molar-refractivity contribution in [2.45, 2.75) is 20.0 Å². The van der Waals surface area contributed by atoms with E-state index in [9.17, 15) is 5.11 Å². The van der Waals surface area contributed by atoms with Crippen molar-refractivity contribution in [2.24, 2.45) is 5.92 Å². The van der Waals surface area contributed by atoms with E-state index >= 15 is 0 Å². The summed E-state index contributed by atoms with van der Waals surface area (Å²) in [5.74, 6) is 0.246. The van der Waals surface area contributed by atoms with Crippen molar-refractivity contribution in [1.29, 1.82) is 0 Å². The van der Waals surface area contributed by atoms with Crippen LogP contribution < -0.4 is 0 Å². The van der Waals surface area contributed by atoms with E-state index in [1.165, 1.54) is 0 Å². The van der Waals surface area contributed by atoms with E-state index in [0.29, 0.717) is 0 Å². The van der Waals surface area contributed by atoms with Gasteiger partial charge in [0, 0.05) is 17.1 Å². The highest BCUT2D eigenvalue weighted by Crippen LogP contribution is 2.27. The molecule has 0 saturated heterocycles. The fourth-order valence-electron chi connectivity index (χ4n) is 1.73. The fraction of sp³-hybridized carbons (Fsp3) is 0.333. The van der Waals surface area contributed by atoms with Gasteiger partial charge in [0.05, 0.1) is 6.10 Å². The number of aromatic amines is 1. The smallest absolute Gasteiger partial charge is 0.0819 e. The molecule has 2 nitrogen and oxygen atoms in total. The van der Waals surface area contributed by atoms with Gasteiger partial charge in [-0.25, -0.2) is 0 Å². The van der Waals surface area contributed by atoms with E-state index in [0.717, 1.165) is 16.5 Å². The van der Waals surface area contributed by atoms with E-state index < -0.39 is 0 Å². The first-order valence-electron chi connectivity index (χ1n) is 4.94. The maximum Gasteiger partial charge on any atom is 0.0819 e. The van der Waals surface area contributed by atoms with Gasteiger partial charge in [-0.3, -0.25) is 0 Å². The molecule has 1 heterocycles. The van der Waals surface area contributed by atoms with Crippen LogP contribution in [0.15, 0.2) is 30.5 Å². The molecule has 0 bridgehead atoms. The van der Waals surface area contributed by atoms with E-state index in [2.05, 4.69) is 4.98 Å². The third-order valence-electron chi connectivity index (χ3n) is 2.58. The normalized spacial score (nSPS) is 13.7. The van der Waals surface area contributed by atoms with Crippen LogP contribution in [0.4, 0.5) is 0 Å². The zero-order valence-electron chi connectivity index (χ0n) is 8.49. The Hall–Kier alpha value is -1.28. The minimum atomic E-state index is -0.380. The van der Waals surface area contributed by atoms with Crippen molar-refractivity contribution >= 4 is 10.9 Å². The quantitative estimate of drug-likeness (QED) is 0.748. The lowest BCUT2D eigenvalue weighted by atomic mass is 9.96. The highest BCUT2D eigenvalue weighted by Gasteiger charge is 2.14. The van der Waals surface area contributed by atoms with E-state index in [-0.39, 0.29) is 12.0 Å². The summed E-state index contributed by atoms with van der Waals surface area (Å²) in [6.45, 7) is 4.05. The SMILES string of the molecule is CC(C)C(O)c1cccc2[nH]ccc12. The van der Waals surface area contributed by atoms with Crippen molar-refractivity contribution in [1.82, 2.24) is 4.98 Å². The number of aliphatic hydroxyl groups is 1. The van der Waals surface area contributed by atoms with Crippen LogP contribution in [-0.2, 0) is 0 Å². The second kappa shape index (κ2) is 3.46. The topological polar surface area (TPSA) is 36.0 Å². The zero-order chi connectivity index (χ0) is 10.1. The van der Waals surface area contributed by atoms with Crippen LogP contribution in [0.5, 0.6) is 0 Å². The Kier molecular flexibility index (Phi) is 2.30. The first kappa shape index (κ1) is 9.28. The van der Waals surface area contributed by atoms with Crippen LogP contribution in [0.1, 0.15) is 25.5 Å². The van der Waals surface area contributed by atoms with Crippen molar-refractivity contribution in [3.8, 4) is 0 Å². The van der Waals surface area contributed by atoms with Gasteiger partial charge in [0.25, 0.3) is 0 Å². The Bertz CT molecular complexity index is 431. The molecule has 0 amide bonds. The zero-order valence-corrected chi connectivity index (χ0v) is 8.49. The van der Waals surface area contributed by atoms with Gasteiger partial charge in [-0.1, -0.05) is 26.0 Å². The molecule has 1 aromatic carbocycles. The summed E-state index contributed by atoms with van der Waals surface area (Å²) in [4.78, 5) is 3.14. The van der Waals surface area contributed by atoms with Gasteiger partial charge in [0.15, 0.2) is 0 Å². The third-order valence-corrected chi connectivity index (χ3v) is 2.58. The van der Waals surface area contributed by atoms with Gasteiger partial charge in [0.2, 0.25) is 0 Å². The number of rotatable bonds is 2.